The van der Waals surface area contributed by atoms with Crippen LogP contribution in [-0.2, 0) is 12.7 Å². The molecule has 0 saturated heterocycles. The van der Waals surface area contributed by atoms with E-state index in [0.29, 0.717) is 26.9 Å². The standard InChI is InChI=1S/C19H18F3N7OS/c1-9-14-16-24-13(7-28-11(10-4-5-10)6-12(25-28)19(20,21)22)26-29(16)8-23-17(14)31-15(9)18(30)27(2)3/h6,8,10H,4-5,7H2,1-3H3. The molecule has 0 unspecified atom stereocenters. The Balaban J connectivity index is 1.57. The lowest BCUT2D eigenvalue weighted by Crippen LogP contribution is -2.21. The van der Waals surface area contributed by atoms with Gasteiger partial charge in [-0.3, -0.25) is 9.48 Å². The van der Waals surface area contributed by atoms with Gasteiger partial charge in [0, 0.05) is 25.7 Å². The summed E-state index contributed by atoms with van der Waals surface area (Å²) in [5.74, 6) is 0.301. The van der Waals surface area contributed by atoms with Crippen LogP contribution >= 0.6 is 11.3 Å². The molecule has 0 aromatic carbocycles. The van der Waals surface area contributed by atoms with Crippen LogP contribution in [0.1, 0.15) is 51.2 Å². The zero-order valence-electron chi connectivity index (χ0n) is 16.9. The maximum atomic E-state index is 13.2. The van der Waals surface area contributed by atoms with E-state index in [1.165, 1.54) is 31.8 Å². The van der Waals surface area contributed by atoms with Gasteiger partial charge in [-0.05, 0) is 31.4 Å². The molecule has 0 atom stereocenters. The van der Waals surface area contributed by atoms with Gasteiger partial charge in [-0.1, -0.05) is 0 Å². The van der Waals surface area contributed by atoms with Crippen LogP contribution in [-0.4, -0.2) is 54.3 Å². The van der Waals surface area contributed by atoms with Gasteiger partial charge in [0.05, 0.1) is 10.3 Å². The highest BCUT2D eigenvalue weighted by molar-refractivity contribution is 7.20. The molecule has 4 aromatic rings. The summed E-state index contributed by atoms with van der Waals surface area (Å²) in [5.41, 5.74) is 0.929. The van der Waals surface area contributed by atoms with Gasteiger partial charge in [0.25, 0.3) is 5.91 Å². The first-order valence-corrected chi connectivity index (χ1v) is 10.4. The molecule has 31 heavy (non-hydrogen) atoms. The monoisotopic (exact) mass is 449 g/mol. The first-order valence-electron chi connectivity index (χ1n) is 9.63. The van der Waals surface area contributed by atoms with E-state index in [4.69, 9.17) is 0 Å². The van der Waals surface area contributed by atoms with E-state index in [2.05, 4.69) is 20.2 Å². The van der Waals surface area contributed by atoms with Crippen LogP contribution in [0.4, 0.5) is 13.2 Å². The van der Waals surface area contributed by atoms with Gasteiger partial charge in [0.1, 0.15) is 17.7 Å². The smallest absolute Gasteiger partial charge is 0.344 e. The molecule has 1 amide bonds. The average molecular weight is 449 g/mol. The van der Waals surface area contributed by atoms with E-state index in [1.807, 2.05) is 6.92 Å². The molecule has 1 aliphatic rings. The first kappa shape index (κ1) is 19.9. The molecule has 5 rings (SSSR count). The van der Waals surface area contributed by atoms with E-state index in [-0.39, 0.29) is 18.4 Å². The number of aryl methyl sites for hydroxylation is 1. The number of nitrogens with zero attached hydrogens (tertiary/aromatic N) is 7. The van der Waals surface area contributed by atoms with Crippen molar-refractivity contribution in [3.05, 3.63) is 40.0 Å². The van der Waals surface area contributed by atoms with Crippen molar-refractivity contribution in [2.24, 2.45) is 0 Å². The Kier molecular flexibility index (Phi) is 4.33. The van der Waals surface area contributed by atoms with Crippen LogP contribution in [0.25, 0.3) is 15.9 Å². The summed E-state index contributed by atoms with van der Waals surface area (Å²) in [6.07, 6.45) is -1.30. The molecule has 1 aliphatic carbocycles. The summed E-state index contributed by atoms with van der Waals surface area (Å²) >= 11 is 1.28. The molecule has 0 radical (unpaired) electrons. The van der Waals surface area contributed by atoms with Crippen molar-refractivity contribution in [2.45, 2.75) is 38.4 Å². The maximum absolute atomic E-state index is 13.2. The fraction of sp³-hybridized carbons (Fsp3) is 0.421. The van der Waals surface area contributed by atoms with Crippen molar-refractivity contribution in [1.29, 1.82) is 0 Å². The Labute approximate surface area is 178 Å². The number of alkyl halides is 3. The Morgan fingerprint density at radius 2 is 2.03 bits per heavy atom. The normalized spacial score (nSPS) is 14.6. The summed E-state index contributed by atoms with van der Waals surface area (Å²) in [5, 5.41) is 8.88. The van der Waals surface area contributed by atoms with Crippen LogP contribution in [0, 0.1) is 6.92 Å². The van der Waals surface area contributed by atoms with Crippen molar-refractivity contribution in [3.63, 3.8) is 0 Å². The molecule has 162 valence electrons. The van der Waals surface area contributed by atoms with Crippen molar-refractivity contribution < 1.29 is 18.0 Å². The lowest BCUT2D eigenvalue weighted by molar-refractivity contribution is -0.141. The topological polar surface area (TPSA) is 81.2 Å². The SMILES string of the molecule is Cc1c(C(=O)N(C)C)sc2ncn3nc(Cn4nc(C(F)(F)F)cc4C4CC4)nc3c12. The fourth-order valence-corrected chi connectivity index (χ4v) is 4.75. The van der Waals surface area contributed by atoms with Crippen LogP contribution in [0.3, 0.4) is 0 Å². The van der Waals surface area contributed by atoms with Crippen molar-refractivity contribution >= 4 is 33.1 Å². The number of carbonyl (C=O) groups excluding carboxylic acids is 1. The van der Waals surface area contributed by atoms with Crippen molar-refractivity contribution in [2.75, 3.05) is 14.1 Å². The molecule has 1 fully saturated rings. The minimum Gasteiger partial charge on any atom is -0.344 e. The highest BCUT2D eigenvalue weighted by Crippen LogP contribution is 2.42. The summed E-state index contributed by atoms with van der Waals surface area (Å²) in [7, 11) is 3.36. The van der Waals surface area contributed by atoms with Gasteiger partial charge in [-0.25, -0.2) is 14.5 Å². The second-order valence-electron chi connectivity index (χ2n) is 7.86. The lowest BCUT2D eigenvalue weighted by atomic mass is 10.2. The van der Waals surface area contributed by atoms with Crippen LogP contribution in [0.2, 0.25) is 0 Å². The number of amides is 1. The van der Waals surface area contributed by atoms with Gasteiger partial charge in [-0.2, -0.15) is 18.3 Å². The Morgan fingerprint density at radius 1 is 1.29 bits per heavy atom. The molecular weight excluding hydrogens is 431 g/mol. The number of hydrogen-bond donors (Lipinski definition) is 0. The largest absolute Gasteiger partial charge is 0.435 e. The molecular formula is C19H18F3N7OS. The Bertz CT molecular complexity index is 1330. The minimum absolute atomic E-state index is 0.0256. The average Bonchev–Trinajstić information content (AvgIpc) is 3.16. The Morgan fingerprint density at radius 3 is 2.68 bits per heavy atom. The van der Waals surface area contributed by atoms with Gasteiger partial charge in [0.2, 0.25) is 0 Å². The summed E-state index contributed by atoms with van der Waals surface area (Å²) in [4.78, 5) is 24.1. The van der Waals surface area contributed by atoms with Crippen LogP contribution < -0.4 is 0 Å². The third-order valence-electron chi connectivity index (χ3n) is 5.30. The summed E-state index contributed by atoms with van der Waals surface area (Å²) < 4.78 is 42.3. The summed E-state index contributed by atoms with van der Waals surface area (Å²) in [6.45, 7) is 1.86. The predicted molar refractivity (Wildman–Crippen MR) is 107 cm³/mol. The Hall–Kier alpha value is -3.02. The number of aromatic nitrogens is 6. The number of halogens is 3. The summed E-state index contributed by atoms with van der Waals surface area (Å²) in [6, 6.07) is 1.12. The van der Waals surface area contributed by atoms with Crippen molar-refractivity contribution in [3.8, 4) is 0 Å². The number of fused-ring (bicyclic) bond motifs is 3. The molecule has 4 heterocycles. The number of rotatable bonds is 4. The number of hydrogen-bond acceptors (Lipinski definition) is 6. The number of thiophene rings is 1. The zero-order chi connectivity index (χ0) is 22.1. The van der Waals surface area contributed by atoms with E-state index in [9.17, 15) is 18.0 Å². The van der Waals surface area contributed by atoms with E-state index in [0.717, 1.165) is 29.9 Å². The lowest BCUT2D eigenvalue weighted by Gasteiger charge is -2.08. The van der Waals surface area contributed by atoms with Gasteiger partial charge in [0.15, 0.2) is 17.2 Å². The predicted octanol–water partition coefficient (Wildman–Crippen LogP) is 3.49. The van der Waals surface area contributed by atoms with E-state index >= 15 is 0 Å². The zero-order valence-corrected chi connectivity index (χ0v) is 17.8. The molecule has 0 bridgehead atoms. The third-order valence-corrected chi connectivity index (χ3v) is 6.49. The van der Waals surface area contributed by atoms with Gasteiger partial charge < -0.3 is 4.90 Å². The van der Waals surface area contributed by atoms with Gasteiger partial charge in [-0.15, -0.1) is 16.4 Å². The minimum atomic E-state index is -4.50. The highest BCUT2D eigenvalue weighted by atomic mass is 32.1. The molecule has 0 N–H and O–H groups in total. The molecule has 4 aromatic heterocycles. The first-order chi connectivity index (χ1) is 14.6. The molecule has 12 heteroatoms. The van der Waals surface area contributed by atoms with Gasteiger partial charge >= 0.3 is 6.18 Å². The quantitative estimate of drug-likeness (QED) is 0.477. The van der Waals surface area contributed by atoms with Crippen LogP contribution in [0.5, 0.6) is 0 Å². The molecule has 0 spiro atoms. The molecule has 8 nitrogen and oxygen atoms in total. The fourth-order valence-electron chi connectivity index (χ4n) is 3.59. The number of carbonyl (C=O) groups is 1. The van der Waals surface area contributed by atoms with E-state index in [1.54, 1.807) is 14.1 Å². The van der Waals surface area contributed by atoms with Crippen LogP contribution in [0.15, 0.2) is 12.4 Å². The highest BCUT2D eigenvalue weighted by Gasteiger charge is 2.38. The second-order valence-corrected chi connectivity index (χ2v) is 8.86. The van der Waals surface area contributed by atoms with E-state index < -0.39 is 11.9 Å². The third kappa shape index (κ3) is 3.34. The van der Waals surface area contributed by atoms with Crippen molar-refractivity contribution in [1.82, 2.24) is 34.3 Å². The molecule has 0 aliphatic heterocycles. The second kappa shape index (κ2) is 6.74. The maximum Gasteiger partial charge on any atom is 0.435 e. The molecule has 1 saturated carbocycles.